The number of nitrogens with zero attached hydrogens (tertiary/aromatic N) is 3. The Morgan fingerprint density at radius 3 is 2.94 bits per heavy atom. The van der Waals surface area contributed by atoms with Gasteiger partial charge in [0.1, 0.15) is 0 Å². The molecule has 0 atom stereocenters. The zero-order valence-electron chi connectivity index (χ0n) is 8.37. The molecular weight excluding hydrogens is 208 g/mol. The van der Waals surface area contributed by atoms with E-state index in [-0.39, 0.29) is 5.82 Å². The predicted octanol–water partition coefficient (Wildman–Crippen LogP) is 0.868. The van der Waals surface area contributed by atoms with Gasteiger partial charge in [0.05, 0.1) is 24.4 Å². The molecule has 1 aromatic rings. The van der Waals surface area contributed by atoms with Crippen LogP contribution in [0.25, 0.3) is 0 Å². The van der Waals surface area contributed by atoms with Crippen molar-refractivity contribution >= 4 is 5.69 Å². The Hall–Kier alpha value is -2.23. The normalized spacial score (nSPS) is 14.9. The Morgan fingerprint density at radius 1 is 1.50 bits per heavy atom. The standard InChI is InChI=1S/C10H10N4O2/c11-5-4-8-2-1-3-9(6-8)13-7-10(12)14(15)16-13/h1-3,6-7,15H,4,12H2. The maximum atomic E-state index is 9.13. The van der Waals surface area contributed by atoms with Gasteiger partial charge in [-0.2, -0.15) is 10.3 Å². The SMILES string of the molecule is N#CCc1cccc(N2C=C(N)N(O)O2)c1. The average Bonchev–Trinajstić information content (AvgIpc) is 2.60. The van der Waals surface area contributed by atoms with Gasteiger partial charge in [-0.3, -0.25) is 5.21 Å². The molecule has 0 amide bonds. The van der Waals surface area contributed by atoms with E-state index in [2.05, 4.69) is 6.07 Å². The van der Waals surface area contributed by atoms with Crippen molar-refractivity contribution in [3.8, 4) is 6.07 Å². The number of benzene rings is 1. The van der Waals surface area contributed by atoms with Crippen molar-refractivity contribution in [1.82, 2.24) is 5.23 Å². The molecule has 1 aliphatic rings. The average molecular weight is 218 g/mol. The molecule has 3 N–H and O–H groups in total. The van der Waals surface area contributed by atoms with Gasteiger partial charge in [0.15, 0.2) is 5.82 Å². The van der Waals surface area contributed by atoms with E-state index in [1.807, 2.05) is 6.07 Å². The molecule has 0 aliphatic carbocycles. The highest BCUT2D eigenvalue weighted by atomic mass is 17.0. The summed E-state index contributed by atoms with van der Waals surface area (Å²) < 4.78 is 0. The van der Waals surface area contributed by atoms with E-state index in [0.717, 1.165) is 5.56 Å². The first-order chi connectivity index (χ1) is 7.70. The number of hydrogen-bond acceptors (Lipinski definition) is 6. The van der Waals surface area contributed by atoms with Crippen LogP contribution in [-0.2, 0) is 11.4 Å². The predicted molar refractivity (Wildman–Crippen MR) is 55.2 cm³/mol. The van der Waals surface area contributed by atoms with Crippen LogP contribution in [0.2, 0.25) is 0 Å². The fourth-order valence-electron chi connectivity index (χ4n) is 1.34. The van der Waals surface area contributed by atoms with Gasteiger partial charge in [0.2, 0.25) is 0 Å². The monoisotopic (exact) mass is 218 g/mol. The second-order valence-corrected chi connectivity index (χ2v) is 3.24. The van der Waals surface area contributed by atoms with Gasteiger partial charge in [0, 0.05) is 0 Å². The van der Waals surface area contributed by atoms with Crippen molar-refractivity contribution in [3.63, 3.8) is 0 Å². The van der Waals surface area contributed by atoms with E-state index in [4.69, 9.17) is 21.1 Å². The van der Waals surface area contributed by atoms with Gasteiger partial charge in [-0.25, -0.2) is 0 Å². The van der Waals surface area contributed by atoms with E-state index < -0.39 is 0 Å². The fraction of sp³-hybridized carbons (Fsp3) is 0.100. The summed E-state index contributed by atoms with van der Waals surface area (Å²) >= 11 is 0. The zero-order chi connectivity index (χ0) is 11.5. The molecule has 0 fully saturated rings. The quantitative estimate of drug-likeness (QED) is 0.766. The Balaban J connectivity index is 2.22. The molecule has 6 heteroatoms. The Kier molecular flexibility index (Phi) is 2.64. The van der Waals surface area contributed by atoms with Crippen LogP contribution in [0.4, 0.5) is 5.69 Å². The van der Waals surface area contributed by atoms with Crippen LogP contribution in [0.5, 0.6) is 0 Å². The lowest BCUT2D eigenvalue weighted by Crippen LogP contribution is -2.22. The highest BCUT2D eigenvalue weighted by molar-refractivity contribution is 5.49. The Morgan fingerprint density at radius 2 is 2.31 bits per heavy atom. The molecule has 0 saturated heterocycles. The van der Waals surface area contributed by atoms with Crippen molar-refractivity contribution in [2.24, 2.45) is 5.73 Å². The summed E-state index contributed by atoms with van der Waals surface area (Å²) in [6, 6.07) is 9.27. The minimum atomic E-state index is 0.0886. The van der Waals surface area contributed by atoms with Crippen molar-refractivity contribution in [2.45, 2.75) is 6.42 Å². The smallest absolute Gasteiger partial charge is 0.176 e. The zero-order valence-corrected chi connectivity index (χ0v) is 8.37. The number of nitrogens with two attached hydrogens (primary N) is 1. The molecule has 0 aromatic heterocycles. The van der Waals surface area contributed by atoms with Crippen molar-refractivity contribution in [1.29, 1.82) is 5.26 Å². The second kappa shape index (κ2) is 4.10. The highest BCUT2D eigenvalue weighted by Crippen LogP contribution is 2.22. The largest absolute Gasteiger partial charge is 0.380 e. The molecule has 0 saturated carbocycles. The van der Waals surface area contributed by atoms with Crippen LogP contribution in [0.15, 0.2) is 36.3 Å². The van der Waals surface area contributed by atoms with Crippen LogP contribution in [-0.4, -0.2) is 10.4 Å². The number of hydrogen-bond donors (Lipinski definition) is 2. The number of nitriles is 1. The Bertz CT molecular complexity index is 466. The maximum Gasteiger partial charge on any atom is 0.176 e. The van der Waals surface area contributed by atoms with E-state index in [0.29, 0.717) is 17.3 Å². The number of anilines is 1. The van der Waals surface area contributed by atoms with Gasteiger partial charge in [-0.05, 0) is 17.7 Å². The molecular formula is C10H10N4O2. The third-order valence-electron chi connectivity index (χ3n) is 2.08. The Labute approximate surface area is 92.2 Å². The third-order valence-corrected chi connectivity index (χ3v) is 2.08. The summed E-state index contributed by atoms with van der Waals surface area (Å²) in [6.07, 6.45) is 1.76. The van der Waals surface area contributed by atoms with Gasteiger partial charge in [-0.1, -0.05) is 17.4 Å². The minimum Gasteiger partial charge on any atom is -0.380 e. The first kappa shape index (κ1) is 10.3. The summed E-state index contributed by atoms with van der Waals surface area (Å²) in [7, 11) is 0. The van der Waals surface area contributed by atoms with Crippen LogP contribution >= 0.6 is 0 Å². The lowest BCUT2D eigenvalue weighted by Gasteiger charge is -2.15. The van der Waals surface area contributed by atoms with Crippen LogP contribution in [0, 0.1) is 11.3 Å². The lowest BCUT2D eigenvalue weighted by molar-refractivity contribution is -0.304. The molecule has 0 radical (unpaired) electrons. The molecule has 0 spiro atoms. The first-order valence-electron chi connectivity index (χ1n) is 4.60. The first-order valence-corrected chi connectivity index (χ1v) is 4.60. The summed E-state index contributed by atoms with van der Waals surface area (Å²) in [4.78, 5) is 4.91. The second-order valence-electron chi connectivity index (χ2n) is 3.24. The van der Waals surface area contributed by atoms with Gasteiger partial charge >= 0.3 is 0 Å². The van der Waals surface area contributed by atoms with Crippen molar-refractivity contribution < 1.29 is 10.1 Å². The fourth-order valence-corrected chi connectivity index (χ4v) is 1.34. The summed E-state index contributed by atoms with van der Waals surface area (Å²) in [5.74, 6) is 0.0886. The lowest BCUT2D eigenvalue weighted by atomic mass is 10.1. The molecule has 1 heterocycles. The van der Waals surface area contributed by atoms with Crippen LogP contribution in [0.3, 0.4) is 0 Å². The van der Waals surface area contributed by atoms with Gasteiger partial charge < -0.3 is 5.73 Å². The molecule has 16 heavy (non-hydrogen) atoms. The van der Waals surface area contributed by atoms with Gasteiger partial charge in [-0.15, -0.1) is 4.94 Å². The van der Waals surface area contributed by atoms with E-state index in [1.54, 1.807) is 18.2 Å². The topological polar surface area (TPSA) is 85.8 Å². The van der Waals surface area contributed by atoms with E-state index in [1.165, 1.54) is 11.3 Å². The van der Waals surface area contributed by atoms with Crippen LogP contribution in [0.1, 0.15) is 5.56 Å². The van der Waals surface area contributed by atoms with E-state index in [9.17, 15) is 0 Å². The molecule has 82 valence electrons. The van der Waals surface area contributed by atoms with E-state index >= 15 is 0 Å². The summed E-state index contributed by atoms with van der Waals surface area (Å²) in [6.45, 7) is 0. The molecule has 1 aliphatic heterocycles. The molecule has 1 aromatic carbocycles. The summed E-state index contributed by atoms with van der Waals surface area (Å²) in [5.41, 5.74) is 6.98. The highest BCUT2D eigenvalue weighted by Gasteiger charge is 2.20. The minimum absolute atomic E-state index is 0.0886. The molecule has 2 rings (SSSR count). The molecule has 0 unspecified atom stereocenters. The van der Waals surface area contributed by atoms with Crippen molar-refractivity contribution in [3.05, 3.63) is 41.8 Å². The number of hydroxylamine groups is 3. The third kappa shape index (κ3) is 1.91. The molecule has 0 bridgehead atoms. The van der Waals surface area contributed by atoms with Crippen molar-refractivity contribution in [2.75, 3.05) is 5.06 Å². The number of rotatable bonds is 2. The van der Waals surface area contributed by atoms with Crippen LogP contribution < -0.4 is 10.8 Å². The summed E-state index contributed by atoms with van der Waals surface area (Å²) in [5, 5.41) is 19.5. The molecule has 6 nitrogen and oxygen atoms in total. The maximum absolute atomic E-state index is 9.13. The van der Waals surface area contributed by atoms with Gasteiger partial charge in [0.25, 0.3) is 0 Å².